The summed E-state index contributed by atoms with van der Waals surface area (Å²) in [4.78, 5) is 33.8. The Bertz CT molecular complexity index is 437. The van der Waals surface area contributed by atoms with Crippen molar-refractivity contribution < 1.29 is 33.3 Å². The molecular formula is C13H14O7. The molecule has 0 aromatic rings. The largest absolute Gasteiger partial charge is 0.513 e. The standard InChI is InChI=1S/C13H14O7/c1-7-9(14)3-5-11(17-7)19-13(16)20-12-6-4-10(15)8(2)18-12/h3-8,11-12H,1-2H3/t7-,8-,11+,12+/m1/s1. The fourth-order valence-corrected chi connectivity index (χ4v) is 1.60. The van der Waals surface area contributed by atoms with E-state index in [4.69, 9.17) is 18.9 Å². The van der Waals surface area contributed by atoms with Gasteiger partial charge >= 0.3 is 6.16 Å². The van der Waals surface area contributed by atoms with E-state index in [0.29, 0.717) is 0 Å². The number of hydrogen-bond donors (Lipinski definition) is 0. The summed E-state index contributed by atoms with van der Waals surface area (Å²) in [6.45, 7) is 3.10. The molecule has 0 aromatic carbocycles. The Morgan fingerprint density at radius 1 is 0.950 bits per heavy atom. The van der Waals surface area contributed by atoms with Crippen LogP contribution in [-0.2, 0) is 28.5 Å². The third-order valence-corrected chi connectivity index (χ3v) is 2.74. The van der Waals surface area contributed by atoms with Crippen molar-refractivity contribution in [1.29, 1.82) is 0 Å². The van der Waals surface area contributed by atoms with E-state index in [1.807, 2.05) is 0 Å². The van der Waals surface area contributed by atoms with Crippen LogP contribution in [0.15, 0.2) is 24.3 Å². The van der Waals surface area contributed by atoms with E-state index in [1.165, 1.54) is 24.3 Å². The summed E-state index contributed by atoms with van der Waals surface area (Å²) in [7, 11) is 0. The van der Waals surface area contributed by atoms with Gasteiger partial charge in [0.05, 0.1) is 0 Å². The van der Waals surface area contributed by atoms with Gasteiger partial charge in [-0.3, -0.25) is 9.59 Å². The predicted octanol–water partition coefficient (Wildman–Crippen LogP) is 0.880. The number of carbonyl (C=O) groups excluding carboxylic acids is 3. The van der Waals surface area contributed by atoms with E-state index in [2.05, 4.69) is 0 Å². The topological polar surface area (TPSA) is 88.1 Å². The molecule has 2 aliphatic heterocycles. The van der Waals surface area contributed by atoms with E-state index < -0.39 is 30.9 Å². The number of rotatable bonds is 2. The third kappa shape index (κ3) is 3.52. The van der Waals surface area contributed by atoms with E-state index in [1.54, 1.807) is 13.8 Å². The van der Waals surface area contributed by atoms with Gasteiger partial charge in [0.25, 0.3) is 0 Å². The van der Waals surface area contributed by atoms with Gasteiger partial charge in [-0.2, -0.15) is 0 Å². The van der Waals surface area contributed by atoms with Crippen LogP contribution in [0.1, 0.15) is 13.8 Å². The molecule has 7 nitrogen and oxygen atoms in total. The van der Waals surface area contributed by atoms with Crippen LogP contribution in [0.4, 0.5) is 4.79 Å². The van der Waals surface area contributed by atoms with Gasteiger partial charge in [-0.1, -0.05) is 0 Å². The molecule has 0 spiro atoms. The fraction of sp³-hybridized carbons (Fsp3) is 0.462. The lowest BCUT2D eigenvalue weighted by molar-refractivity contribution is -0.170. The number of ether oxygens (including phenoxy) is 4. The van der Waals surface area contributed by atoms with Gasteiger partial charge in [0.2, 0.25) is 12.6 Å². The van der Waals surface area contributed by atoms with Crippen molar-refractivity contribution in [1.82, 2.24) is 0 Å². The van der Waals surface area contributed by atoms with Crippen LogP contribution in [0.2, 0.25) is 0 Å². The van der Waals surface area contributed by atoms with Gasteiger partial charge in [-0.25, -0.2) is 4.79 Å². The van der Waals surface area contributed by atoms with Gasteiger partial charge in [0.1, 0.15) is 12.2 Å². The summed E-state index contributed by atoms with van der Waals surface area (Å²) in [5.41, 5.74) is 0. The first-order valence-corrected chi connectivity index (χ1v) is 6.08. The van der Waals surface area contributed by atoms with E-state index >= 15 is 0 Å². The summed E-state index contributed by atoms with van der Waals surface area (Å²) in [6.07, 6.45) is 0.845. The Morgan fingerprint density at radius 2 is 1.35 bits per heavy atom. The molecule has 20 heavy (non-hydrogen) atoms. The average molecular weight is 282 g/mol. The van der Waals surface area contributed by atoms with Crippen LogP contribution in [-0.4, -0.2) is 42.5 Å². The molecule has 0 fully saturated rings. The highest BCUT2D eigenvalue weighted by atomic mass is 16.8. The average Bonchev–Trinajstić information content (AvgIpc) is 2.38. The molecule has 0 N–H and O–H groups in total. The molecule has 0 unspecified atom stereocenters. The molecule has 2 heterocycles. The second-order valence-electron chi connectivity index (χ2n) is 4.30. The highest BCUT2D eigenvalue weighted by Crippen LogP contribution is 2.14. The Morgan fingerprint density at radius 3 is 1.70 bits per heavy atom. The van der Waals surface area contributed by atoms with E-state index in [9.17, 15) is 14.4 Å². The maximum Gasteiger partial charge on any atom is 0.513 e. The van der Waals surface area contributed by atoms with Gasteiger partial charge in [-0.15, -0.1) is 0 Å². The Kier molecular flexibility index (Phi) is 4.31. The molecular weight excluding hydrogens is 268 g/mol. The van der Waals surface area contributed by atoms with Crippen molar-refractivity contribution in [3.8, 4) is 0 Å². The molecule has 7 heteroatoms. The van der Waals surface area contributed by atoms with E-state index in [0.717, 1.165) is 0 Å². The molecule has 0 aromatic heterocycles. The van der Waals surface area contributed by atoms with Crippen LogP contribution in [0.3, 0.4) is 0 Å². The molecule has 4 atom stereocenters. The molecule has 2 aliphatic rings. The predicted molar refractivity (Wildman–Crippen MR) is 64.5 cm³/mol. The fourth-order valence-electron chi connectivity index (χ4n) is 1.60. The van der Waals surface area contributed by atoms with Gasteiger partial charge in [0.15, 0.2) is 11.6 Å². The number of ketones is 2. The summed E-state index contributed by atoms with van der Waals surface area (Å²) in [5.74, 6) is -0.409. The lowest BCUT2D eigenvalue weighted by Crippen LogP contribution is -2.35. The molecule has 0 aliphatic carbocycles. The minimum Gasteiger partial charge on any atom is -0.400 e. The normalized spacial score (nSPS) is 33.1. The SMILES string of the molecule is C[C@H]1O[C@@H](OC(=O)O[C@H]2C=CC(=O)[C@@H](C)O2)C=CC1=O. The third-order valence-electron chi connectivity index (χ3n) is 2.74. The first-order valence-electron chi connectivity index (χ1n) is 6.08. The summed E-state index contributed by atoms with van der Waals surface area (Å²) >= 11 is 0. The monoisotopic (exact) mass is 282 g/mol. The molecule has 0 saturated heterocycles. The van der Waals surface area contributed by atoms with Crippen LogP contribution in [0.5, 0.6) is 0 Å². The quantitative estimate of drug-likeness (QED) is 0.694. The Hall–Kier alpha value is -1.99. The summed E-state index contributed by atoms with van der Waals surface area (Å²) < 4.78 is 20.0. The zero-order valence-corrected chi connectivity index (χ0v) is 11.0. The van der Waals surface area contributed by atoms with Crippen molar-refractivity contribution in [3.63, 3.8) is 0 Å². The van der Waals surface area contributed by atoms with Crippen molar-refractivity contribution in [2.24, 2.45) is 0 Å². The molecule has 0 saturated carbocycles. The number of carbonyl (C=O) groups is 3. The van der Waals surface area contributed by atoms with Crippen LogP contribution in [0, 0.1) is 0 Å². The van der Waals surface area contributed by atoms with Gasteiger partial charge < -0.3 is 18.9 Å². The summed E-state index contributed by atoms with van der Waals surface area (Å²) in [5, 5.41) is 0. The van der Waals surface area contributed by atoms with E-state index in [-0.39, 0.29) is 11.6 Å². The van der Waals surface area contributed by atoms with Crippen molar-refractivity contribution in [2.45, 2.75) is 38.6 Å². The molecule has 0 radical (unpaired) electrons. The highest BCUT2D eigenvalue weighted by Gasteiger charge is 2.27. The maximum atomic E-state index is 11.5. The van der Waals surface area contributed by atoms with Gasteiger partial charge in [0, 0.05) is 0 Å². The van der Waals surface area contributed by atoms with Crippen LogP contribution < -0.4 is 0 Å². The van der Waals surface area contributed by atoms with Gasteiger partial charge in [-0.05, 0) is 38.2 Å². The zero-order valence-electron chi connectivity index (χ0n) is 11.0. The Balaban J connectivity index is 1.84. The molecule has 0 amide bonds. The lowest BCUT2D eigenvalue weighted by Gasteiger charge is -2.24. The van der Waals surface area contributed by atoms with Crippen LogP contribution in [0.25, 0.3) is 0 Å². The van der Waals surface area contributed by atoms with Crippen molar-refractivity contribution in [3.05, 3.63) is 24.3 Å². The summed E-state index contributed by atoms with van der Waals surface area (Å²) in [6, 6.07) is 0. The molecule has 0 bridgehead atoms. The van der Waals surface area contributed by atoms with Crippen molar-refractivity contribution in [2.75, 3.05) is 0 Å². The van der Waals surface area contributed by atoms with Crippen LogP contribution >= 0.6 is 0 Å². The second-order valence-corrected chi connectivity index (χ2v) is 4.30. The zero-order chi connectivity index (χ0) is 14.7. The molecule has 2 rings (SSSR count). The van der Waals surface area contributed by atoms with Crippen molar-refractivity contribution >= 4 is 17.7 Å². The first-order chi connectivity index (χ1) is 9.45. The second kappa shape index (κ2) is 5.98. The maximum absolute atomic E-state index is 11.5. The first kappa shape index (κ1) is 14.4. The highest BCUT2D eigenvalue weighted by molar-refractivity contribution is 5.94. The number of hydrogen-bond acceptors (Lipinski definition) is 7. The Labute approximate surface area is 115 Å². The molecule has 108 valence electrons. The smallest absolute Gasteiger partial charge is 0.400 e. The minimum absolute atomic E-state index is 0.205. The minimum atomic E-state index is -1.02. The lowest BCUT2D eigenvalue weighted by atomic mass is 10.2.